The molecule has 0 radical (unpaired) electrons. The van der Waals surface area contributed by atoms with Crippen LogP contribution >= 0.6 is 0 Å². The monoisotopic (exact) mass is 391 g/mol. The molecule has 25 heavy (non-hydrogen) atoms. The van der Waals surface area contributed by atoms with Gasteiger partial charge in [0.25, 0.3) is 0 Å². The zero-order chi connectivity index (χ0) is 19.1. The Balaban J connectivity index is 2.81. The molecule has 10 heteroatoms. The summed E-state index contributed by atoms with van der Waals surface area (Å²) in [6.45, 7) is 3.23. The third kappa shape index (κ3) is 7.84. The van der Waals surface area contributed by atoms with Crippen LogP contribution in [0.1, 0.15) is 26.7 Å². The maximum atomic E-state index is 12.0. The molecule has 0 fully saturated rings. The van der Waals surface area contributed by atoms with Crippen LogP contribution in [-0.4, -0.2) is 47.8 Å². The van der Waals surface area contributed by atoms with E-state index in [0.29, 0.717) is 17.8 Å². The molecule has 0 aromatic heterocycles. The van der Waals surface area contributed by atoms with Gasteiger partial charge in [0.2, 0.25) is 26.0 Å². The standard InChI is InChI=1S/C15H25N3O5S2/c1-4-5-12-25(22,23)16-10-11-18(24(3,20)21)15-8-6-14(7-9-15)17-13(2)19/h6-9,16H,4-5,10-12H2,1-3H3,(H,17,19). The van der Waals surface area contributed by atoms with E-state index in [0.717, 1.165) is 17.0 Å². The van der Waals surface area contributed by atoms with E-state index in [1.807, 2.05) is 6.92 Å². The largest absolute Gasteiger partial charge is 0.326 e. The van der Waals surface area contributed by atoms with Crippen LogP contribution in [-0.2, 0) is 24.8 Å². The topological polar surface area (TPSA) is 113 Å². The zero-order valence-corrected chi connectivity index (χ0v) is 16.3. The van der Waals surface area contributed by atoms with Crippen LogP contribution < -0.4 is 14.3 Å². The molecule has 0 aliphatic heterocycles. The van der Waals surface area contributed by atoms with E-state index in [1.165, 1.54) is 6.92 Å². The van der Waals surface area contributed by atoms with Crippen LogP contribution in [0.15, 0.2) is 24.3 Å². The molecule has 0 atom stereocenters. The van der Waals surface area contributed by atoms with Crippen LogP contribution in [0.5, 0.6) is 0 Å². The Morgan fingerprint density at radius 1 is 1.12 bits per heavy atom. The van der Waals surface area contributed by atoms with Gasteiger partial charge in [-0.25, -0.2) is 21.6 Å². The second-order valence-electron chi connectivity index (χ2n) is 5.63. The van der Waals surface area contributed by atoms with Gasteiger partial charge >= 0.3 is 0 Å². The summed E-state index contributed by atoms with van der Waals surface area (Å²) in [6.07, 6.45) is 2.37. The van der Waals surface area contributed by atoms with Crippen molar-refractivity contribution in [2.45, 2.75) is 26.7 Å². The Bertz CT molecular complexity index is 774. The van der Waals surface area contributed by atoms with Crippen molar-refractivity contribution < 1.29 is 21.6 Å². The number of amides is 1. The molecule has 0 heterocycles. The Morgan fingerprint density at radius 2 is 1.72 bits per heavy atom. The summed E-state index contributed by atoms with van der Waals surface area (Å²) in [6, 6.07) is 6.27. The SMILES string of the molecule is CCCCS(=O)(=O)NCCN(c1ccc(NC(C)=O)cc1)S(C)(=O)=O. The van der Waals surface area contributed by atoms with Gasteiger partial charge < -0.3 is 5.32 Å². The van der Waals surface area contributed by atoms with Crippen molar-refractivity contribution in [2.75, 3.05) is 34.7 Å². The van der Waals surface area contributed by atoms with Crippen molar-refractivity contribution in [1.82, 2.24) is 4.72 Å². The Morgan fingerprint density at radius 3 is 2.20 bits per heavy atom. The lowest BCUT2D eigenvalue weighted by Gasteiger charge is -2.23. The van der Waals surface area contributed by atoms with E-state index in [1.54, 1.807) is 24.3 Å². The van der Waals surface area contributed by atoms with Crippen LogP contribution in [0.3, 0.4) is 0 Å². The van der Waals surface area contributed by atoms with Crippen LogP contribution in [0, 0.1) is 0 Å². The summed E-state index contributed by atoms with van der Waals surface area (Å²) >= 11 is 0. The lowest BCUT2D eigenvalue weighted by molar-refractivity contribution is -0.114. The van der Waals surface area contributed by atoms with Gasteiger partial charge in [0, 0.05) is 25.7 Å². The summed E-state index contributed by atoms with van der Waals surface area (Å²) in [5.74, 6) is -0.206. The highest BCUT2D eigenvalue weighted by atomic mass is 32.2. The highest BCUT2D eigenvalue weighted by Gasteiger charge is 2.18. The zero-order valence-electron chi connectivity index (χ0n) is 14.6. The number of nitrogens with one attached hydrogen (secondary N) is 2. The van der Waals surface area contributed by atoms with E-state index in [4.69, 9.17) is 0 Å². The summed E-state index contributed by atoms with van der Waals surface area (Å²) in [7, 11) is -6.98. The van der Waals surface area contributed by atoms with Crippen LogP contribution in [0.25, 0.3) is 0 Å². The first-order valence-corrected chi connectivity index (χ1v) is 11.4. The Labute approximate surface area is 149 Å². The first-order valence-electron chi connectivity index (χ1n) is 7.88. The van der Waals surface area contributed by atoms with Gasteiger partial charge in [-0.3, -0.25) is 9.10 Å². The highest BCUT2D eigenvalue weighted by molar-refractivity contribution is 7.92. The number of unbranched alkanes of at least 4 members (excludes halogenated alkanes) is 1. The maximum Gasteiger partial charge on any atom is 0.232 e. The molecule has 1 aromatic rings. The summed E-state index contributed by atoms with van der Waals surface area (Å²) in [5.41, 5.74) is 0.939. The number of benzene rings is 1. The molecule has 0 saturated carbocycles. The van der Waals surface area contributed by atoms with Crippen LogP contribution in [0.4, 0.5) is 11.4 Å². The second-order valence-corrected chi connectivity index (χ2v) is 9.46. The molecule has 8 nitrogen and oxygen atoms in total. The average molecular weight is 392 g/mol. The molecule has 1 amide bonds. The molecular weight excluding hydrogens is 366 g/mol. The quantitative estimate of drug-likeness (QED) is 0.621. The predicted molar refractivity (Wildman–Crippen MR) is 99.6 cm³/mol. The van der Waals surface area contributed by atoms with Gasteiger partial charge in [0.05, 0.1) is 17.7 Å². The normalized spacial score (nSPS) is 12.0. The number of hydrogen-bond donors (Lipinski definition) is 2. The van der Waals surface area contributed by atoms with Gasteiger partial charge in [0.15, 0.2) is 0 Å². The molecule has 2 N–H and O–H groups in total. The number of sulfonamides is 2. The second kappa shape index (κ2) is 9.16. The van der Waals surface area contributed by atoms with E-state index < -0.39 is 20.0 Å². The number of carbonyl (C=O) groups is 1. The molecule has 0 unspecified atom stereocenters. The lowest BCUT2D eigenvalue weighted by atomic mass is 10.2. The maximum absolute atomic E-state index is 12.0. The number of anilines is 2. The molecule has 0 bridgehead atoms. The average Bonchev–Trinajstić information content (AvgIpc) is 2.49. The molecular formula is C15H25N3O5S2. The van der Waals surface area contributed by atoms with Crippen molar-refractivity contribution in [1.29, 1.82) is 0 Å². The van der Waals surface area contributed by atoms with Gasteiger partial charge in [-0.15, -0.1) is 0 Å². The lowest BCUT2D eigenvalue weighted by Crippen LogP contribution is -2.38. The van der Waals surface area contributed by atoms with Gasteiger partial charge in [-0.05, 0) is 30.7 Å². The molecule has 0 spiro atoms. The van der Waals surface area contributed by atoms with Crippen molar-refractivity contribution >= 4 is 37.3 Å². The van der Waals surface area contributed by atoms with E-state index in [-0.39, 0.29) is 24.7 Å². The van der Waals surface area contributed by atoms with E-state index >= 15 is 0 Å². The molecule has 142 valence electrons. The fraction of sp³-hybridized carbons (Fsp3) is 0.533. The highest BCUT2D eigenvalue weighted by Crippen LogP contribution is 2.20. The fourth-order valence-electron chi connectivity index (χ4n) is 2.11. The third-order valence-corrected chi connectivity index (χ3v) is 5.94. The third-order valence-electron chi connectivity index (χ3n) is 3.28. The number of carbonyl (C=O) groups excluding carboxylic acids is 1. The first-order chi connectivity index (χ1) is 11.5. The number of rotatable bonds is 10. The summed E-state index contributed by atoms with van der Waals surface area (Å²) in [4.78, 5) is 11.0. The minimum absolute atomic E-state index is 0.0213. The summed E-state index contributed by atoms with van der Waals surface area (Å²) < 4.78 is 51.1. The molecule has 1 rings (SSSR count). The van der Waals surface area contributed by atoms with Gasteiger partial charge in [-0.2, -0.15) is 0 Å². The van der Waals surface area contributed by atoms with Crippen LogP contribution in [0.2, 0.25) is 0 Å². The van der Waals surface area contributed by atoms with Crippen molar-refractivity contribution in [3.8, 4) is 0 Å². The van der Waals surface area contributed by atoms with Gasteiger partial charge in [0.1, 0.15) is 0 Å². The number of hydrogen-bond acceptors (Lipinski definition) is 5. The van der Waals surface area contributed by atoms with Crippen molar-refractivity contribution in [3.63, 3.8) is 0 Å². The smallest absolute Gasteiger partial charge is 0.232 e. The first kappa shape index (κ1) is 21.4. The molecule has 0 aliphatic carbocycles. The Kier molecular flexibility index (Phi) is 7.84. The summed E-state index contributed by atoms with van der Waals surface area (Å²) in [5, 5.41) is 2.59. The predicted octanol–water partition coefficient (Wildman–Crippen LogP) is 1.13. The van der Waals surface area contributed by atoms with Crippen molar-refractivity contribution in [3.05, 3.63) is 24.3 Å². The molecule has 1 aromatic carbocycles. The minimum Gasteiger partial charge on any atom is -0.326 e. The van der Waals surface area contributed by atoms with E-state index in [9.17, 15) is 21.6 Å². The molecule has 0 aliphatic rings. The fourth-order valence-corrected chi connectivity index (χ4v) is 4.25. The van der Waals surface area contributed by atoms with E-state index in [2.05, 4.69) is 10.0 Å². The van der Waals surface area contributed by atoms with Crippen molar-refractivity contribution in [2.24, 2.45) is 0 Å². The minimum atomic E-state index is -3.58. The Hall–Kier alpha value is -1.65. The molecule has 0 saturated heterocycles. The van der Waals surface area contributed by atoms with Gasteiger partial charge in [-0.1, -0.05) is 13.3 Å². The number of nitrogens with zero attached hydrogens (tertiary/aromatic N) is 1.